The lowest BCUT2D eigenvalue weighted by Crippen LogP contribution is -2.02. The van der Waals surface area contributed by atoms with Crippen molar-refractivity contribution in [3.63, 3.8) is 0 Å². The summed E-state index contributed by atoms with van der Waals surface area (Å²) in [4.78, 5) is 25.8. The average molecular weight is 306 g/mol. The summed E-state index contributed by atoms with van der Waals surface area (Å²) in [6.45, 7) is 0. The third-order valence-corrected chi connectivity index (χ3v) is 3.29. The van der Waals surface area contributed by atoms with E-state index < -0.39 is 16.6 Å². The van der Waals surface area contributed by atoms with Gasteiger partial charge in [0.25, 0.3) is 5.88 Å². The minimum atomic E-state index is -1.29. The molecule has 1 aromatic carbocycles. The van der Waals surface area contributed by atoms with Gasteiger partial charge in [0.05, 0.1) is 10.5 Å². The van der Waals surface area contributed by atoms with E-state index in [2.05, 4.69) is 4.98 Å². The van der Waals surface area contributed by atoms with Crippen LogP contribution in [-0.4, -0.2) is 27.2 Å². The number of nitrogens with zero attached hydrogens (tertiary/aromatic N) is 2. The predicted molar refractivity (Wildman–Crippen MR) is 76.1 cm³/mol. The summed E-state index contributed by atoms with van der Waals surface area (Å²) < 4.78 is 5.35. The van der Waals surface area contributed by atoms with Crippen LogP contribution in [0.25, 0.3) is 0 Å². The van der Waals surface area contributed by atoms with E-state index in [4.69, 9.17) is 9.84 Å². The van der Waals surface area contributed by atoms with Gasteiger partial charge < -0.3 is 9.84 Å². The molecule has 2 rings (SSSR count). The van der Waals surface area contributed by atoms with Crippen molar-refractivity contribution in [2.75, 3.05) is 6.26 Å². The van der Waals surface area contributed by atoms with Crippen molar-refractivity contribution in [1.82, 2.24) is 4.98 Å². The number of carboxylic acid groups (broad SMARTS) is 1. The van der Waals surface area contributed by atoms with Crippen LogP contribution in [-0.2, 0) is 0 Å². The highest BCUT2D eigenvalue weighted by atomic mass is 32.2. The number of aromatic nitrogens is 1. The lowest BCUT2D eigenvalue weighted by atomic mass is 10.2. The lowest BCUT2D eigenvalue weighted by Gasteiger charge is -2.06. The minimum absolute atomic E-state index is 0.248. The molecule has 1 aromatic heterocycles. The highest BCUT2D eigenvalue weighted by Crippen LogP contribution is 2.30. The molecule has 0 unspecified atom stereocenters. The summed E-state index contributed by atoms with van der Waals surface area (Å²) in [5, 5.41) is 19.8. The van der Waals surface area contributed by atoms with Crippen LogP contribution >= 0.6 is 11.8 Å². The topological polar surface area (TPSA) is 103 Å². The van der Waals surface area contributed by atoms with Crippen LogP contribution in [0.5, 0.6) is 11.6 Å². The Bertz CT molecular complexity index is 687. The van der Waals surface area contributed by atoms with Gasteiger partial charge in [-0.3, -0.25) is 10.1 Å². The molecule has 0 aliphatic rings. The Morgan fingerprint density at radius 1 is 1.38 bits per heavy atom. The van der Waals surface area contributed by atoms with Crippen molar-refractivity contribution in [3.8, 4) is 11.6 Å². The average Bonchev–Trinajstić information content (AvgIpc) is 2.48. The fourth-order valence-electron chi connectivity index (χ4n) is 1.52. The summed E-state index contributed by atoms with van der Waals surface area (Å²) in [6.07, 6.45) is 2.94. The molecule has 2 aromatic rings. The van der Waals surface area contributed by atoms with E-state index in [9.17, 15) is 14.9 Å². The van der Waals surface area contributed by atoms with E-state index >= 15 is 0 Å². The van der Waals surface area contributed by atoms with Crippen molar-refractivity contribution in [2.24, 2.45) is 0 Å². The Balaban J connectivity index is 2.34. The molecule has 8 heteroatoms. The van der Waals surface area contributed by atoms with Crippen molar-refractivity contribution >= 4 is 23.4 Å². The van der Waals surface area contributed by atoms with Crippen LogP contribution in [0.3, 0.4) is 0 Å². The molecular formula is C13H10N2O5S. The molecule has 0 fully saturated rings. The molecule has 0 atom stereocenters. The lowest BCUT2D eigenvalue weighted by molar-refractivity contribution is -0.386. The van der Waals surface area contributed by atoms with E-state index in [0.29, 0.717) is 5.75 Å². The standard InChI is InChI=1S/C13H10N2O5S/c1-21-10-4-2-9(3-5-10)20-12-11(15(18)19)6-8(7-14-12)13(16)17/h2-7H,1H3,(H,16,17). The molecule has 0 aliphatic heterocycles. The maximum atomic E-state index is 11.0. The van der Waals surface area contributed by atoms with Gasteiger partial charge >= 0.3 is 11.7 Å². The van der Waals surface area contributed by atoms with E-state index in [1.807, 2.05) is 6.26 Å². The number of benzene rings is 1. The summed E-state index contributed by atoms with van der Waals surface area (Å²) in [5.41, 5.74) is -0.768. The monoisotopic (exact) mass is 306 g/mol. The Morgan fingerprint density at radius 2 is 2.05 bits per heavy atom. The second-order valence-corrected chi connectivity index (χ2v) is 4.77. The second-order valence-electron chi connectivity index (χ2n) is 3.89. The molecule has 0 bridgehead atoms. The van der Waals surface area contributed by atoms with E-state index in [1.165, 1.54) is 0 Å². The van der Waals surface area contributed by atoms with Gasteiger partial charge in [0.15, 0.2) is 0 Å². The molecule has 0 saturated carbocycles. The van der Waals surface area contributed by atoms with E-state index in [0.717, 1.165) is 17.2 Å². The SMILES string of the molecule is CSc1ccc(Oc2ncc(C(=O)O)cc2[N+](=O)[O-])cc1. The van der Waals surface area contributed by atoms with Gasteiger partial charge in [-0.1, -0.05) is 0 Å². The zero-order valence-electron chi connectivity index (χ0n) is 10.8. The molecule has 0 saturated heterocycles. The molecular weight excluding hydrogens is 296 g/mol. The molecule has 0 aliphatic carbocycles. The molecule has 0 radical (unpaired) electrons. The largest absolute Gasteiger partial charge is 0.478 e. The summed E-state index contributed by atoms with van der Waals surface area (Å²) in [7, 11) is 0. The highest BCUT2D eigenvalue weighted by Gasteiger charge is 2.20. The molecule has 1 N–H and O–H groups in total. The van der Waals surface area contributed by atoms with E-state index in [-0.39, 0.29) is 11.4 Å². The minimum Gasteiger partial charge on any atom is -0.478 e. The molecule has 1 heterocycles. The number of carboxylic acids is 1. The molecule has 0 spiro atoms. The van der Waals surface area contributed by atoms with Crippen LogP contribution in [0.15, 0.2) is 41.4 Å². The molecule has 21 heavy (non-hydrogen) atoms. The smallest absolute Gasteiger partial charge is 0.337 e. The van der Waals surface area contributed by atoms with Crippen LogP contribution in [0, 0.1) is 10.1 Å². The molecule has 7 nitrogen and oxygen atoms in total. The number of hydrogen-bond acceptors (Lipinski definition) is 6. The number of pyridine rings is 1. The number of ether oxygens (including phenoxy) is 1. The quantitative estimate of drug-likeness (QED) is 0.514. The third kappa shape index (κ3) is 3.48. The van der Waals surface area contributed by atoms with Crippen molar-refractivity contribution in [1.29, 1.82) is 0 Å². The van der Waals surface area contributed by atoms with Gasteiger partial charge in [-0.15, -0.1) is 11.8 Å². The first-order valence-corrected chi connectivity index (χ1v) is 6.93. The Labute approximate surface area is 123 Å². The van der Waals surface area contributed by atoms with Crippen molar-refractivity contribution in [3.05, 3.63) is 52.2 Å². The number of aromatic carboxylic acids is 1. The first kappa shape index (κ1) is 14.8. The van der Waals surface area contributed by atoms with Crippen LogP contribution in [0.4, 0.5) is 5.69 Å². The fraction of sp³-hybridized carbons (Fsp3) is 0.0769. The Morgan fingerprint density at radius 3 is 2.57 bits per heavy atom. The third-order valence-electron chi connectivity index (χ3n) is 2.55. The molecule has 108 valence electrons. The summed E-state index contributed by atoms with van der Waals surface area (Å²) in [5.74, 6) is -1.16. The maximum absolute atomic E-state index is 11.0. The number of nitro groups is 1. The second kappa shape index (κ2) is 6.23. The number of rotatable bonds is 5. The number of hydrogen-bond donors (Lipinski definition) is 1. The summed E-state index contributed by atoms with van der Waals surface area (Å²) >= 11 is 1.55. The van der Waals surface area contributed by atoms with Crippen LogP contribution in [0.2, 0.25) is 0 Å². The number of carbonyl (C=O) groups is 1. The first-order chi connectivity index (χ1) is 10.0. The zero-order chi connectivity index (χ0) is 15.4. The van der Waals surface area contributed by atoms with Crippen molar-refractivity contribution < 1.29 is 19.6 Å². The highest BCUT2D eigenvalue weighted by molar-refractivity contribution is 7.98. The fourth-order valence-corrected chi connectivity index (χ4v) is 1.93. The van der Waals surface area contributed by atoms with Crippen LogP contribution < -0.4 is 4.74 Å². The maximum Gasteiger partial charge on any atom is 0.337 e. The van der Waals surface area contributed by atoms with Gasteiger partial charge in [0.2, 0.25) is 0 Å². The van der Waals surface area contributed by atoms with Gasteiger partial charge in [0.1, 0.15) is 5.75 Å². The first-order valence-electron chi connectivity index (χ1n) is 5.71. The van der Waals surface area contributed by atoms with E-state index in [1.54, 1.807) is 36.0 Å². The van der Waals surface area contributed by atoms with Gasteiger partial charge in [-0.2, -0.15) is 0 Å². The van der Waals surface area contributed by atoms with Gasteiger partial charge in [-0.25, -0.2) is 9.78 Å². The number of thioether (sulfide) groups is 1. The van der Waals surface area contributed by atoms with Gasteiger partial charge in [0, 0.05) is 17.2 Å². The van der Waals surface area contributed by atoms with Crippen molar-refractivity contribution in [2.45, 2.75) is 4.90 Å². The Kier molecular flexibility index (Phi) is 4.39. The molecule has 0 amide bonds. The van der Waals surface area contributed by atoms with Crippen LogP contribution in [0.1, 0.15) is 10.4 Å². The summed E-state index contributed by atoms with van der Waals surface area (Å²) in [6, 6.07) is 7.83. The normalized spacial score (nSPS) is 10.1. The Hall–Kier alpha value is -2.61. The van der Waals surface area contributed by atoms with Gasteiger partial charge in [-0.05, 0) is 30.5 Å². The zero-order valence-corrected chi connectivity index (χ0v) is 11.7. The predicted octanol–water partition coefficient (Wildman–Crippen LogP) is 3.20.